The second-order valence-electron chi connectivity index (χ2n) is 6.68. The van der Waals surface area contributed by atoms with Gasteiger partial charge in [0.05, 0.1) is 37.1 Å². The first-order chi connectivity index (χ1) is 15.1. The van der Waals surface area contributed by atoms with Gasteiger partial charge in [0, 0.05) is 17.4 Å². The average molecular weight is 441 g/mol. The summed E-state index contributed by atoms with van der Waals surface area (Å²) >= 11 is 1.60. The maximum atomic E-state index is 12.8. The van der Waals surface area contributed by atoms with Crippen molar-refractivity contribution in [3.05, 3.63) is 69.7 Å². The molecule has 6 nitrogen and oxygen atoms in total. The Morgan fingerprint density at radius 1 is 0.968 bits per heavy atom. The minimum Gasteiger partial charge on any atom is -0.490 e. The summed E-state index contributed by atoms with van der Waals surface area (Å²) in [5.74, 6) is 1.30. The van der Waals surface area contributed by atoms with Crippen molar-refractivity contribution < 1.29 is 19.0 Å². The number of hydrogen-bond acceptors (Lipinski definition) is 6. The van der Waals surface area contributed by atoms with Gasteiger partial charge in [0.1, 0.15) is 0 Å². The number of carbonyl (C=O) groups is 1. The van der Waals surface area contributed by atoms with Crippen LogP contribution in [0.1, 0.15) is 47.4 Å². The van der Waals surface area contributed by atoms with Gasteiger partial charge in [-0.3, -0.25) is 4.79 Å². The largest absolute Gasteiger partial charge is 0.490 e. The molecule has 31 heavy (non-hydrogen) atoms. The molecule has 1 N–H and O–H groups in total. The smallest absolute Gasteiger partial charge is 0.251 e. The predicted molar refractivity (Wildman–Crippen MR) is 122 cm³/mol. The SMILES string of the molecule is CCOc1cc(C(=O)NCc2csc(Cc3ccccc3)n2)cc(OCC)c1OCC. The molecule has 7 heteroatoms. The normalized spacial score (nSPS) is 10.5. The maximum Gasteiger partial charge on any atom is 0.251 e. The lowest BCUT2D eigenvalue weighted by Gasteiger charge is -2.17. The van der Waals surface area contributed by atoms with Gasteiger partial charge in [-0.25, -0.2) is 4.98 Å². The van der Waals surface area contributed by atoms with Crippen molar-refractivity contribution in [3.63, 3.8) is 0 Å². The molecule has 1 heterocycles. The number of nitrogens with one attached hydrogen (secondary N) is 1. The third-order valence-electron chi connectivity index (χ3n) is 4.40. The van der Waals surface area contributed by atoms with Crippen molar-refractivity contribution in [2.45, 2.75) is 33.7 Å². The Balaban J connectivity index is 1.70. The zero-order valence-corrected chi connectivity index (χ0v) is 19.0. The standard InChI is InChI=1S/C24H28N2O4S/c1-4-28-20-13-18(14-21(29-5-2)23(20)30-6-3)24(27)25-15-19-16-31-22(26-19)12-17-10-8-7-9-11-17/h7-11,13-14,16H,4-6,12,15H2,1-3H3,(H,25,27). The van der Waals surface area contributed by atoms with Gasteiger partial charge in [-0.15, -0.1) is 11.3 Å². The molecule has 0 radical (unpaired) electrons. The summed E-state index contributed by atoms with van der Waals surface area (Å²) in [5.41, 5.74) is 2.51. The van der Waals surface area contributed by atoms with Crippen LogP contribution in [0.4, 0.5) is 0 Å². The van der Waals surface area contributed by atoms with Crippen LogP contribution < -0.4 is 19.5 Å². The van der Waals surface area contributed by atoms with Crippen LogP contribution in [0.2, 0.25) is 0 Å². The Labute approximate surface area is 187 Å². The highest BCUT2D eigenvalue weighted by molar-refractivity contribution is 7.09. The minimum absolute atomic E-state index is 0.220. The maximum absolute atomic E-state index is 12.8. The van der Waals surface area contributed by atoms with E-state index >= 15 is 0 Å². The molecule has 0 saturated heterocycles. The van der Waals surface area contributed by atoms with Crippen molar-refractivity contribution in [3.8, 4) is 17.2 Å². The molecule has 3 rings (SSSR count). The number of benzene rings is 2. The van der Waals surface area contributed by atoms with Gasteiger partial charge in [0.15, 0.2) is 11.5 Å². The fourth-order valence-corrected chi connectivity index (χ4v) is 3.90. The summed E-state index contributed by atoms with van der Waals surface area (Å²) < 4.78 is 17.1. The highest BCUT2D eigenvalue weighted by Crippen LogP contribution is 2.39. The molecule has 0 atom stereocenters. The summed E-state index contributed by atoms with van der Waals surface area (Å²) in [6.45, 7) is 7.41. The van der Waals surface area contributed by atoms with Crippen LogP contribution in [0.25, 0.3) is 0 Å². The molecule has 0 aliphatic rings. The third kappa shape index (κ3) is 6.21. The number of aromatic nitrogens is 1. The first kappa shape index (κ1) is 22.6. The van der Waals surface area contributed by atoms with Gasteiger partial charge < -0.3 is 19.5 Å². The highest BCUT2D eigenvalue weighted by Gasteiger charge is 2.18. The predicted octanol–water partition coefficient (Wildman–Crippen LogP) is 4.86. The summed E-state index contributed by atoms with van der Waals surface area (Å²) in [7, 11) is 0. The van der Waals surface area contributed by atoms with Gasteiger partial charge in [-0.05, 0) is 38.5 Å². The Kier molecular flexibility index (Phi) is 8.29. The van der Waals surface area contributed by atoms with Crippen molar-refractivity contribution in [2.24, 2.45) is 0 Å². The van der Waals surface area contributed by atoms with E-state index in [4.69, 9.17) is 14.2 Å². The number of amides is 1. The number of thiazole rings is 1. The molecule has 1 amide bonds. The molecule has 0 aliphatic heterocycles. The quantitative estimate of drug-likeness (QED) is 0.461. The molecular formula is C24H28N2O4S. The van der Waals surface area contributed by atoms with Gasteiger partial charge in [-0.2, -0.15) is 0 Å². The van der Waals surface area contributed by atoms with Gasteiger partial charge >= 0.3 is 0 Å². The molecule has 3 aromatic rings. The molecule has 0 fully saturated rings. The van der Waals surface area contributed by atoms with Crippen molar-refractivity contribution in [2.75, 3.05) is 19.8 Å². The molecule has 0 aliphatic carbocycles. The van der Waals surface area contributed by atoms with E-state index in [1.54, 1.807) is 23.5 Å². The summed E-state index contributed by atoms with van der Waals surface area (Å²) in [6.07, 6.45) is 0.785. The molecule has 0 unspecified atom stereocenters. The molecule has 0 spiro atoms. The van der Waals surface area contributed by atoms with E-state index in [9.17, 15) is 4.79 Å². The van der Waals surface area contributed by atoms with E-state index in [0.29, 0.717) is 49.2 Å². The Bertz CT molecular complexity index is 961. The lowest BCUT2D eigenvalue weighted by molar-refractivity contribution is 0.0949. The molecule has 0 saturated carbocycles. The molecule has 0 bridgehead atoms. The van der Waals surface area contributed by atoms with Crippen LogP contribution in [0.3, 0.4) is 0 Å². The van der Waals surface area contributed by atoms with Crippen LogP contribution in [-0.4, -0.2) is 30.7 Å². The second kappa shape index (κ2) is 11.4. The van der Waals surface area contributed by atoms with Crippen LogP contribution in [0, 0.1) is 0 Å². The van der Waals surface area contributed by atoms with Crippen molar-refractivity contribution >= 4 is 17.2 Å². The van der Waals surface area contributed by atoms with Crippen LogP contribution in [0.5, 0.6) is 17.2 Å². The van der Waals surface area contributed by atoms with Crippen LogP contribution in [0.15, 0.2) is 47.8 Å². The first-order valence-corrected chi connectivity index (χ1v) is 11.3. The summed E-state index contributed by atoms with van der Waals surface area (Å²) in [4.78, 5) is 17.4. The Morgan fingerprint density at radius 3 is 2.23 bits per heavy atom. The fraction of sp³-hybridized carbons (Fsp3) is 0.333. The highest BCUT2D eigenvalue weighted by atomic mass is 32.1. The van der Waals surface area contributed by atoms with E-state index < -0.39 is 0 Å². The summed E-state index contributed by atoms with van der Waals surface area (Å²) in [6, 6.07) is 13.6. The third-order valence-corrected chi connectivity index (χ3v) is 5.30. The van der Waals surface area contributed by atoms with Gasteiger partial charge in [0.25, 0.3) is 5.91 Å². The van der Waals surface area contributed by atoms with E-state index in [-0.39, 0.29) is 5.91 Å². The molecule has 164 valence electrons. The lowest BCUT2D eigenvalue weighted by atomic mass is 10.1. The summed E-state index contributed by atoms with van der Waals surface area (Å²) in [5, 5.41) is 5.94. The number of rotatable bonds is 11. The van der Waals surface area contributed by atoms with E-state index in [1.807, 2.05) is 44.4 Å². The molecule has 1 aromatic heterocycles. The fourth-order valence-electron chi connectivity index (χ4n) is 3.07. The Morgan fingerprint density at radius 2 is 1.61 bits per heavy atom. The number of hydrogen-bond donors (Lipinski definition) is 1. The van der Waals surface area contributed by atoms with Crippen LogP contribution >= 0.6 is 11.3 Å². The minimum atomic E-state index is -0.220. The van der Waals surface area contributed by atoms with Crippen molar-refractivity contribution in [1.82, 2.24) is 10.3 Å². The number of nitrogens with zero attached hydrogens (tertiary/aromatic N) is 1. The van der Waals surface area contributed by atoms with Crippen molar-refractivity contribution in [1.29, 1.82) is 0 Å². The van der Waals surface area contributed by atoms with Crippen LogP contribution in [-0.2, 0) is 13.0 Å². The number of carbonyl (C=O) groups excluding carboxylic acids is 1. The molecule has 2 aromatic carbocycles. The first-order valence-electron chi connectivity index (χ1n) is 10.5. The second-order valence-corrected chi connectivity index (χ2v) is 7.62. The topological polar surface area (TPSA) is 69.7 Å². The van der Waals surface area contributed by atoms with E-state index in [1.165, 1.54) is 5.56 Å². The zero-order valence-electron chi connectivity index (χ0n) is 18.1. The van der Waals surface area contributed by atoms with Gasteiger partial charge in [0.2, 0.25) is 5.75 Å². The van der Waals surface area contributed by atoms with E-state index in [0.717, 1.165) is 17.1 Å². The lowest BCUT2D eigenvalue weighted by Crippen LogP contribution is -2.23. The monoisotopic (exact) mass is 440 g/mol. The van der Waals surface area contributed by atoms with Gasteiger partial charge in [-0.1, -0.05) is 30.3 Å². The van der Waals surface area contributed by atoms with E-state index in [2.05, 4.69) is 22.4 Å². The average Bonchev–Trinajstić information content (AvgIpc) is 3.22. The Hall–Kier alpha value is -3.06. The molecular weight excluding hydrogens is 412 g/mol. The number of ether oxygens (including phenoxy) is 3. The zero-order chi connectivity index (χ0) is 22.1.